The van der Waals surface area contributed by atoms with E-state index in [2.05, 4.69) is 58.6 Å². The highest BCUT2D eigenvalue weighted by Crippen LogP contribution is 2.31. The molecule has 0 atom stereocenters. The summed E-state index contributed by atoms with van der Waals surface area (Å²) in [4.78, 5) is 17.2. The molecule has 27 heavy (non-hydrogen) atoms. The van der Waals surface area contributed by atoms with Gasteiger partial charge < -0.3 is 15.1 Å². The minimum absolute atomic E-state index is 0.251. The maximum absolute atomic E-state index is 12.6. The number of nitrogens with zero attached hydrogens (tertiary/aromatic N) is 2. The fraction of sp³-hybridized carbons (Fsp3) is 0.435. The summed E-state index contributed by atoms with van der Waals surface area (Å²) in [5.74, 6) is 1.03. The predicted molar refractivity (Wildman–Crippen MR) is 112 cm³/mol. The van der Waals surface area contributed by atoms with E-state index in [1.165, 1.54) is 30.5 Å². The van der Waals surface area contributed by atoms with Crippen LogP contribution >= 0.6 is 0 Å². The minimum atomic E-state index is 0.251. The summed E-state index contributed by atoms with van der Waals surface area (Å²) in [6, 6.07) is 16.8. The van der Waals surface area contributed by atoms with Crippen molar-refractivity contribution in [2.45, 2.75) is 25.7 Å². The smallest absolute Gasteiger partial charge is 0.164 e. The molecule has 0 aromatic heterocycles. The summed E-state index contributed by atoms with van der Waals surface area (Å²) in [5.41, 5.74) is 4.52. The molecule has 0 spiro atoms. The van der Waals surface area contributed by atoms with E-state index in [0.717, 1.165) is 43.5 Å². The number of carbonyl (C=O) groups excluding carboxylic acids is 1. The Morgan fingerprint density at radius 2 is 1.89 bits per heavy atom. The number of likely N-dealkylation sites (tertiary alicyclic amines) is 1. The van der Waals surface area contributed by atoms with Crippen molar-refractivity contribution in [3.8, 4) is 0 Å². The predicted octanol–water partition coefficient (Wildman–Crippen LogP) is 4.03. The van der Waals surface area contributed by atoms with Crippen LogP contribution in [0.4, 0.5) is 11.4 Å². The van der Waals surface area contributed by atoms with Gasteiger partial charge >= 0.3 is 0 Å². The molecular weight excluding hydrogens is 334 g/mol. The molecule has 1 saturated heterocycles. The lowest BCUT2D eigenvalue weighted by molar-refractivity contribution is 0.0951. The summed E-state index contributed by atoms with van der Waals surface area (Å²) in [5, 5.41) is 3.34. The topological polar surface area (TPSA) is 35.6 Å². The zero-order valence-corrected chi connectivity index (χ0v) is 16.2. The first-order valence-corrected chi connectivity index (χ1v) is 10.1. The Labute approximate surface area is 162 Å². The van der Waals surface area contributed by atoms with Gasteiger partial charge in [0.25, 0.3) is 0 Å². The van der Waals surface area contributed by atoms with Gasteiger partial charge in [0, 0.05) is 25.6 Å². The summed E-state index contributed by atoms with van der Waals surface area (Å²) in [6.07, 6.45) is 4.26. The highest BCUT2D eigenvalue weighted by molar-refractivity contribution is 5.98. The second kappa shape index (κ2) is 8.13. The third-order valence-electron chi connectivity index (χ3n) is 5.97. The number of carbonyl (C=O) groups is 1. The quantitative estimate of drug-likeness (QED) is 0.786. The molecule has 4 heteroatoms. The fourth-order valence-electron chi connectivity index (χ4n) is 4.24. The number of hydrogen-bond acceptors (Lipinski definition) is 4. The Balaban J connectivity index is 1.24. The maximum atomic E-state index is 12.6. The first kappa shape index (κ1) is 18.1. The van der Waals surface area contributed by atoms with E-state index in [0.29, 0.717) is 6.42 Å². The molecule has 2 aliphatic rings. The zero-order valence-electron chi connectivity index (χ0n) is 16.2. The number of Topliss-reactive ketones (excluding diaryl/α,β-unsaturated/α-hetero) is 1. The molecule has 0 bridgehead atoms. The molecule has 2 aliphatic heterocycles. The number of benzene rings is 2. The Kier molecular flexibility index (Phi) is 5.44. The van der Waals surface area contributed by atoms with E-state index in [9.17, 15) is 4.79 Å². The van der Waals surface area contributed by atoms with Crippen LogP contribution in [0.5, 0.6) is 0 Å². The lowest BCUT2D eigenvalue weighted by Gasteiger charge is -2.31. The molecule has 4 nitrogen and oxygen atoms in total. The molecule has 0 aliphatic carbocycles. The Morgan fingerprint density at radius 1 is 1.11 bits per heavy atom. The molecule has 2 aromatic carbocycles. The molecule has 2 heterocycles. The van der Waals surface area contributed by atoms with Crippen LogP contribution in [-0.2, 0) is 6.42 Å². The van der Waals surface area contributed by atoms with Gasteiger partial charge in [-0.2, -0.15) is 0 Å². The van der Waals surface area contributed by atoms with Crippen molar-refractivity contribution in [1.29, 1.82) is 0 Å². The van der Waals surface area contributed by atoms with Crippen LogP contribution in [0.3, 0.4) is 0 Å². The van der Waals surface area contributed by atoms with E-state index in [4.69, 9.17) is 0 Å². The molecule has 0 unspecified atom stereocenters. The van der Waals surface area contributed by atoms with Gasteiger partial charge in [-0.05, 0) is 62.0 Å². The highest BCUT2D eigenvalue weighted by Gasteiger charge is 2.21. The molecule has 1 N–H and O–H groups in total. The second-order valence-corrected chi connectivity index (χ2v) is 7.91. The molecule has 2 aromatic rings. The minimum Gasteiger partial charge on any atom is -0.366 e. The molecule has 0 amide bonds. The second-order valence-electron chi connectivity index (χ2n) is 7.91. The van der Waals surface area contributed by atoms with Gasteiger partial charge in [0.05, 0.1) is 18.0 Å². The van der Waals surface area contributed by atoms with Gasteiger partial charge in [-0.3, -0.25) is 4.79 Å². The van der Waals surface area contributed by atoms with Crippen LogP contribution in [0.15, 0.2) is 48.5 Å². The highest BCUT2D eigenvalue weighted by atomic mass is 16.1. The fourth-order valence-corrected chi connectivity index (χ4v) is 4.24. The normalized spacial score (nSPS) is 17.6. The number of rotatable bonds is 6. The standard InChI is InChI=1S/C23H29N3O/c1-25-17-24-21-16-20(7-8-22(21)25)23(27)11-14-26-12-9-19(10-13-26)15-18-5-3-2-4-6-18/h2-8,16,19,24H,9-15,17H2,1H3. The monoisotopic (exact) mass is 363 g/mol. The van der Waals surface area contributed by atoms with Crippen LogP contribution in [0.1, 0.15) is 35.2 Å². The first-order chi connectivity index (χ1) is 13.2. The van der Waals surface area contributed by atoms with Crippen molar-refractivity contribution in [1.82, 2.24) is 4.90 Å². The average Bonchev–Trinajstić information content (AvgIpc) is 3.08. The van der Waals surface area contributed by atoms with Crippen molar-refractivity contribution in [3.63, 3.8) is 0 Å². The van der Waals surface area contributed by atoms with E-state index < -0.39 is 0 Å². The lowest BCUT2D eigenvalue weighted by Crippen LogP contribution is -2.35. The Morgan fingerprint density at radius 3 is 2.67 bits per heavy atom. The van der Waals surface area contributed by atoms with E-state index >= 15 is 0 Å². The summed E-state index contributed by atoms with van der Waals surface area (Å²) < 4.78 is 0. The summed E-state index contributed by atoms with van der Waals surface area (Å²) in [6.45, 7) is 3.91. The van der Waals surface area contributed by atoms with Crippen molar-refractivity contribution >= 4 is 17.2 Å². The molecule has 4 rings (SSSR count). The SMILES string of the molecule is CN1CNc2cc(C(=O)CCN3CCC(Cc4ccccc4)CC3)ccc21. The van der Waals surface area contributed by atoms with E-state index in [-0.39, 0.29) is 5.78 Å². The van der Waals surface area contributed by atoms with Crippen LogP contribution < -0.4 is 10.2 Å². The summed E-state index contributed by atoms with van der Waals surface area (Å²) in [7, 11) is 2.06. The maximum Gasteiger partial charge on any atom is 0.164 e. The zero-order chi connectivity index (χ0) is 18.6. The van der Waals surface area contributed by atoms with Crippen LogP contribution in [0.2, 0.25) is 0 Å². The van der Waals surface area contributed by atoms with Gasteiger partial charge in [0.15, 0.2) is 5.78 Å². The average molecular weight is 364 g/mol. The molecule has 142 valence electrons. The largest absolute Gasteiger partial charge is 0.366 e. The summed E-state index contributed by atoms with van der Waals surface area (Å²) >= 11 is 0. The van der Waals surface area contributed by atoms with Gasteiger partial charge in [0.2, 0.25) is 0 Å². The number of hydrogen-bond donors (Lipinski definition) is 1. The molecule has 0 radical (unpaired) electrons. The third kappa shape index (κ3) is 4.33. The van der Waals surface area contributed by atoms with Crippen molar-refractivity contribution < 1.29 is 4.79 Å². The van der Waals surface area contributed by atoms with Crippen molar-refractivity contribution in [2.75, 3.05) is 43.6 Å². The Hall–Kier alpha value is -2.33. The molecule has 0 saturated carbocycles. The molecule has 1 fully saturated rings. The Bertz CT molecular complexity index is 781. The van der Waals surface area contributed by atoms with Gasteiger partial charge in [-0.1, -0.05) is 30.3 Å². The van der Waals surface area contributed by atoms with E-state index in [1.54, 1.807) is 0 Å². The van der Waals surface area contributed by atoms with Crippen LogP contribution in [0.25, 0.3) is 0 Å². The number of nitrogens with one attached hydrogen (secondary N) is 1. The van der Waals surface area contributed by atoms with Crippen molar-refractivity contribution in [3.05, 3.63) is 59.7 Å². The number of fused-ring (bicyclic) bond motifs is 1. The van der Waals surface area contributed by atoms with Crippen molar-refractivity contribution in [2.24, 2.45) is 5.92 Å². The van der Waals surface area contributed by atoms with Gasteiger partial charge in [-0.25, -0.2) is 0 Å². The third-order valence-corrected chi connectivity index (χ3v) is 5.97. The number of ketones is 1. The number of piperidine rings is 1. The lowest BCUT2D eigenvalue weighted by atomic mass is 9.90. The van der Waals surface area contributed by atoms with E-state index in [1.807, 2.05) is 12.1 Å². The van der Waals surface area contributed by atoms with Gasteiger partial charge in [-0.15, -0.1) is 0 Å². The van der Waals surface area contributed by atoms with Crippen LogP contribution in [-0.4, -0.2) is 44.0 Å². The van der Waals surface area contributed by atoms with Gasteiger partial charge in [0.1, 0.15) is 0 Å². The number of anilines is 2. The first-order valence-electron chi connectivity index (χ1n) is 10.1. The molecular formula is C23H29N3O. The van der Waals surface area contributed by atoms with Crippen LogP contribution in [0, 0.1) is 5.92 Å².